The molecule has 4 heterocycles. The Balaban J connectivity index is 1.63. The fraction of sp³-hybridized carbons (Fsp3) is 0.500. The molecule has 3 N–H and O–H groups in total. The lowest BCUT2D eigenvalue weighted by atomic mass is 10.1. The highest BCUT2D eigenvalue weighted by atomic mass is 19.4. The Morgan fingerprint density at radius 1 is 1.27 bits per heavy atom. The predicted molar refractivity (Wildman–Crippen MR) is 104 cm³/mol. The smallest absolute Gasteiger partial charge is 0.369 e. The molecular weight excluding hydrogens is 458 g/mol. The van der Waals surface area contributed by atoms with Crippen LogP contribution in [0.25, 0.3) is 5.65 Å². The molecule has 2 atom stereocenters. The van der Waals surface area contributed by atoms with Crippen LogP contribution >= 0.6 is 0 Å². The Hall–Kier alpha value is -3.07. The Morgan fingerprint density at radius 3 is 2.73 bits per heavy atom. The number of piperazine rings is 1. The van der Waals surface area contributed by atoms with Gasteiger partial charge in [0.25, 0.3) is 0 Å². The number of fused-ring (bicyclic) bond motifs is 1. The van der Waals surface area contributed by atoms with E-state index in [2.05, 4.69) is 25.8 Å². The first kappa shape index (κ1) is 23.1. The summed E-state index contributed by atoms with van der Waals surface area (Å²) in [5.74, 6) is 0.240. The highest BCUT2D eigenvalue weighted by Gasteiger charge is 2.38. The molecule has 15 heteroatoms. The second-order valence-electron chi connectivity index (χ2n) is 7.63. The summed E-state index contributed by atoms with van der Waals surface area (Å²) >= 11 is 0. The van der Waals surface area contributed by atoms with Crippen molar-refractivity contribution in [3.63, 3.8) is 0 Å². The number of halogens is 6. The third-order valence-corrected chi connectivity index (χ3v) is 5.18. The standard InChI is InChI=1S/C18H20F6N8O/c1-30-9-12(14(29-30)18(22,23)24)27-16(33)11-8-26-32-4-2-13(28-15(11)32)31-5-3-25-7-10(31)6-17(19,20)21/h2,4,8-10,16,25,27,33H,3,5-7H2,1H3. The van der Waals surface area contributed by atoms with Gasteiger partial charge < -0.3 is 20.6 Å². The molecule has 3 aromatic heterocycles. The van der Waals surface area contributed by atoms with Crippen LogP contribution in [0, 0.1) is 0 Å². The molecule has 1 saturated heterocycles. The van der Waals surface area contributed by atoms with E-state index in [4.69, 9.17) is 0 Å². The summed E-state index contributed by atoms with van der Waals surface area (Å²) in [6, 6.07) is 0.620. The number of anilines is 2. The maximum atomic E-state index is 13.2. The monoisotopic (exact) mass is 478 g/mol. The lowest BCUT2D eigenvalue weighted by Crippen LogP contribution is -2.53. The molecule has 1 aliphatic heterocycles. The van der Waals surface area contributed by atoms with E-state index in [1.165, 1.54) is 34.9 Å². The second kappa shape index (κ2) is 8.37. The van der Waals surface area contributed by atoms with E-state index in [-0.39, 0.29) is 30.1 Å². The number of nitrogens with zero attached hydrogens (tertiary/aromatic N) is 6. The largest absolute Gasteiger partial charge is 0.437 e. The van der Waals surface area contributed by atoms with Crippen LogP contribution in [0.15, 0.2) is 24.7 Å². The third kappa shape index (κ3) is 4.98. The number of alkyl halides is 6. The molecule has 2 unspecified atom stereocenters. The van der Waals surface area contributed by atoms with Crippen molar-refractivity contribution < 1.29 is 31.4 Å². The van der Waals surface area contributed by atoms with Gasteiger partial charge in [0.05, 0.1) is 29.9 Å². The minimum Gasteiger partial charge on any atom is -0.369 e. The molecule has 0 aromatic carbocycles. The normalized spacial score (nSPS) is 18.7. The zero-order chi connectivity index (χ0) is 24.0. The average molecular weight is 478 g/mol. The summed E-state index contributed by atoms with van der Waals surface area (Å²) < 4.78 is 80.9. The number of nitrogens with one attached hydrogen (secondary N) is 2. The summed E-state index contributed by atoms with van der Waals surface area (Å²) in [5, 5.41) is 23.3. The molecule has 0 radical (unpaired) electrons. The molecule has 1 aliphatic rings. The first-order valence-electron chi connectivity index (χ1n) is 9.86. The SMILES string of the molecule is Cn1cc(NC(O)c2cnn3ccc(N4CCNCC4CC(F)(F)F)nc23)c(C(F)(F)F)n1. The first-order valence-corrected chi connectivity index (χ1v) is 9.86. The van der Waals surface area contributed by atoms with Gasteiger partial charge in [-0.25, -0.2) is 9.50 Å². The quantitative estimate of drug-likeness (QED) is 0.383. The molecule has 33 heavy (non-hydrogen) atoms. The highest BCUT2D eigenvalue weighted by Crippen LogP contribution is 2.35. The second-order valence-corrected chi connectivity index (χ2v) is 7.63. The lowest BCUT2D eigenvalue weighted by Gasteiger charge is -2.37. The van der Waals surface area contributed by atoms with Crippen LogP contribution in [-0.4, -0.2) is 61.3 Å². The molecule has 0 saturated carbocycles. The van der Waals surface area contributed by atoms with Crippen LogP contribution in [0.5, 0.6) is 0 Å². The van der Waals surface area contributed by atoms with Gasteiger partial charge in [0.2, 0.25) is 0 Å². The Kier molecular flexibility index (Phi) is 5.86. The van der Waals surface area contributed by atoms with Gasteiger partial charge in [0.15, 0.2) is 17.6 Å². The third-order valence-electron chi connectivity index (χ3n) is 5.18. The fourth-order valence-corrected chi connectivity index (χ4v) is 3.77. The maximum Gasteiger partial charge on any atom is 0.437 e. The Labute approximate surface area is 183 Å². The minimum absolute atomic E-state index is 0.0522. The number of aliphatic hydroxyl groups excluding tert-OH is 1. The predicted octanol–water partition coefficient (Wildman–Crippen LogP) is 2.32. The molecule has 0 bridgehead atoms. The number of rotatable bonds is 5. The molecule has 9 nitrogen and oxygen atoms in total. The van der Waals surface area contributed by atoms with Gasteiger partial charge in [-0.05, 0) is 6.07 Å². The lowest BCUT2D eigenvalue weighted by molar-refractivity contribution is -0.141. The molecule has 180 valence electrons. The van der Waals surface area contributed by atoms with E-state index < -0.39 is 42.4 Å². The molecular formula is C18H20F6N8O. The van der Waals surface area contributed by atoms with Gasteiger partial charge >= 0.3 is 12.4 Å². The molecule has 4 rings (SSSR count). The number of hydrogen-bond acceptors (Lipinski definition) is 7. The molecule has 0 spiro atoms. The van der Waals surface area contributed by atoms with Crippen molar-refractivity contribution in [1.29, 1.82) is 0 Å². The van der Waals surface area contributed by atoms with E-state index in [9.17, 15) is 31.4 Å². The van der Waals surface area contributed by atoms with Gasteiger partial charge in [-0.3, -0.25) is 4.68 Å². The van der Waals surface area contributed by atoms with Crippen molar-refractivity contribution in [3.05, 3.63) is 35.9 Å². The van der Waals surface area contributed by atoms with Crippen LogP contribution in [0.3, 0.4) is 0 Å². The molecule has 0 amide bonds. The van der Waals surface area contributed by atoms with Gasteiger partial charge in [-0.2, -0.15) is 36.5 Å². The summed E-state index contributed by atoms with van der Waals surface area (Å²) in [5.41, 5.74) is -1.50. The van der Waals surface area contributed by atoms with Crippen molar-refractivity contribution in [2.75, 3.05) is 29.9 Å². The summed E-state index contributed by atoms with van der Waals surface area (Å²) in [6.07, 6.45) is -8.03. The van der Waals surface area contributed by atoms with Gasteiger partial charge in [-0.15, -0.1) is 0 Å². The van der Waals surface area contributed by atoms with E-state index >= 15 is 0 Å². The van der Waals surface area contributed by atoms with Crippen molar-refractivity contribution in [2.24, 2.45) is 7.05 Å². The van der Waals surface area contributed by atoms with Gasteiger partial charge in [-0.1, -0.05) is 0 Å². The number of hydrogen-bond donors (Lipinski definition) is 3. The molecule has 3 aromatic rings. The van der Waals surface area contributed by atoms with Crippen molar-refractivity contribution in [3.8, 4) is 0 Å². The van der Waals surface area contributed by atoms with Gasteiger partial charge in [0, 0.05) is 39.1 Å². The van der Waals surface area contributed by atoms with E-state index in [0.29, 0.717) is 6.54 Å². The van der Waals surface area contributed by atoms with E-state index in [0.717, 1.165) is 10.9 Å². The fourth-order valence-electron chi connectivity index (χ4n) is 3.77. The van der Waals surface area contributed by atoms with Crippen molar-refractivity contribution in [1.82, 2.24) is 29.7 Å². The first-order chi connectivity index (χ1) is 15.4. The topological polar surface area (TPSA) is 95.5 Å². The Bertz CT molecular complexity index is 1120. The van der Waals surface area contributed by atoms with E-state index in [1.807, 2.05) is 0 Å². The van der Waals surface area contributed by atoms with Crippen molar-refractivity contribution >= 4 is 17.2 Å². The Morgan fingerprint density at radius 2 is 2.03 bits per heavy atom. The summed E-state index contributed by atoms with van der Waals surface area (Å²) in [6.45, 7) is 0.849. The summed E-state index contributed by atoms with van der Waals surface area (Å²) in [7, 11) is 1.31. The van der Waals surface area contributed by atoms with Gasteiger partial charge in [0.1, 0.15) is 5.82 Å². The maximum absolute atomic E-state index is 13.2. The summed E-state index contributed by atoms with van der Waals surface area (Å²) in [4.78, 5) is 5.88. The highest BCUT2D eigenvalue weighted by molar-refractivity contribution is 5.57. The number of aromatic nitrogens is 5. The van der Waals surface area contributed by atoms with Crippen LogP contribution in [0.1, 0.15) is 23.9 Å². The zero-order valence-corrected chi connectivity index (χ0v) is 17.2. The van der Waals surface area contributed by atoms with Crippen LogP contribution < -0.4 is 15.5 Å². The van der Waals surface area contributed by atoms with Crippen LogP contribution in [0.4, 0.5) is 37.8 Å². The number of aryl methyl sites for hydroxylation is 1. The zero-order valence-electron chi connectivity index (χ0n) is 17.2. The van der Waals surface area contributed by atoms with Crippen LogP contribution in [0.2, 0.25) is 0 Å². The molecule has 1 fully saturated rings. The number of aliphatic hydroxyl groups is 1. The minimum atomic E-state index is -4.74. The van der Waals surface area contributed by atoms with Crippen LogP contribution in [-0.2, 0) is 13.2 Å². The van der Waals surface area contributed by atoms with E-state index in [1.54, 1.807) is 0 Å². The van der Waals surface area contributed by atoms with Crippen molar-refractivity contribution in [2.45, 2.75) is 31.0 Å². The molecule has 0 aliphatic carbocycles. The average Bonchev–Trinajstić information content (AvgIpc) is 3.29.